The molecule has 0 aromatic carbocycles. The smallest absolute Gasteiger partial charge is 0.0619 e. The van der Waals surface area contributed by atoms with Gasteiger partial charge in [0.25, 0.3) is 0 Å². The second kappa shape index (κ2) is 4.77. The fraction of sp³-hybridized carbons (Fsp3) is 0.600. The van der Waals surface area contributed by atoms with Gasteiger partial charge in [0, 0.05) is 29.8 Å². The number of hydrogen-bond acceptors (Lipinski definition) is 4. The first-order valence-electron chi connectivity index (χ1n) is 4.99. The first-order chi connectivity index (χ1) is 6.86. The molecule has 2 rings (SSSR count). The number of thiophene rings is 1. The van der Waals surface area contributed by atoms with Crippen LogP contribution < -0.4 is 11.1 Å². The van der Waals surface area contributed by atoms with Crippen molar-refractivity contribution in [3.63, 3.8) is 0 Å². The van der Waals surface area contributed by atoms with E-state index in [-0.39, 0.29) is 0 Å². The lowest BCUT2D eigenvalue weighted by molar-refractivity contribution is 0.0700. The lowest BCUT2D eigenvalue weighted by atomic mass is 10.1. The third-order valence-corrected chi connectivity index (χ3v) is 3.43. The van der Waals surface area contributed by atoms with Crippen molar-refractivity contribution >= 4 is 17.0 Å². The van der Waals surface area contributed by atoms with E-state index in [1.165, 1.54) is 11.3 Å². The molecule has 0 bridgehead atoms. The van der Waals surface area contributed by atoms with Gasteiger partial charge in [-0.2, -0.15) is 0 Å². The van der Waals surface area contributed by atoms with Crippen molar-refractivity contribution in [1.82, 2.24) is 5.32 Å². The monoisotopic (exact) mass is 212 g/mol. The van der Waals surface area contributed by atoms with E-state index < -0.39 is 0 Å². The summed E-state index contributed by atoms with van der Waals surface area (Å²) >= 11 is 1.71. The zero-order chi connectivity index (χ0) is 9.80. The minimum atomic E-state index is 0.505. The predicted octanol–water partition coefficient (Wildman–Crippen LogP) is 1.60. The maximum Gasteiger partial charge on any atom is 0.0619 e. The van der Waals surface area contributed by atoms with Crippen LogP contribution in [0, 0.1) is 0 Å². The first-order valence-corrected chi connectivity index (χ1v) is 5.87. The van der Waals surface area contributed by atoms with Gasteiger partial charge in [-0.25, -0.2) is 0 Å². The van der Waals surface area contributed by atoms with Crippen molar-refractivity contribution < 1.29 is 4.74 Å². The Bertz CT molecular complexity index is 281. The maximum atomic E-state index is 5.80. The number of anilines is 1. The first kappa shape index (κ1) is 9.96. The van der Waals surface area contributed by atoms with Crippen molar-refractivity contribution in [2.24, 2.45) is 0 Å². The molecule has 78 valence electrons. The Labute approximate surface area is 88.3 Å². The fourth-order valence-corrected chi connectivity index (χ4v) is 2.38. The van der Waals surface area contributed by atoms with E-state index in [4.69, 9.17) is 10.5 Å². The van der Waals surface area contributed by atoms with E-state index in [2.05, 4.69) is 5.32 Å². The average Bonchev–Trinajstić information content (AvgIpc) is 2.63. The summed E-state index contributed by atoms with van der Waals surface area (Å²) in [6.45, 7) is 2.63. The molecule has 1 fully saturated rings. The molecule has 1 aromatic rings. The molecule has 0 saturated carbocycles. The molecule has 1 aliphatic rings. The van der Waals surface area contributed by atoms with Crippen molar-refractivity contribution in [3.8, 4) is 0 Å². The van der Waals surface area contributed by atoms with Gasteiger partial charge >= 0.3 is 0 Å². The van der Waals surface area contributed by atoms with Crippen LogP contribution in [0.2, 0.25) is 0 Å². The van der Waals surface area contributed by atoms with Crippen LogP contribution in [0.25, 0.3) is 0 Å². The predicted molar refractivity (Wildman–Crippen MR) is 59.4 cm³/mol. The summed E-state index contributed by atoms with van der Waals surface area (Å²) < 4.78 is 5.39. The van der Waals surface area contributed by atoms with Crippen LogP contribution in [0.1, 0.15) is 17.7 Å². The van der Waals surface area contributed by atoms with E-state index >= 15 is 0 Å². The van der Waals surface area contributed by atoms with Crippen LogP contribution in [0.15, 0.2) is 11.4 Å². The van der Waals surface area contributed by atoms with Gasteiger partial charge in [-0.15, -0.1) is 11.3 Å². The van der Waals surface area contributed by atoms with Crippen LogP contribution in [0.3, 0.4) is 0 Å². The van der Waals surface area contributed by atoms with Gasteiger partial charge in [0.1, 0.15) is 0 Å². The molecule has 1 unspecified atom stereocenters. The van der Waals surface area contributed by atoms with Gasteiger partial charge in [0.2, 0.25) is 0 Å². The minimum absolute atomic E-state index is 0.505. The molecule has 2 heterocycles. The number of hydrogen-bond donors (Lipinski definition) is 2. The molecule has 0 radical (unpaired) electrons. The summed E-state index contributed by atoms with van der Waals surface area (Å²) in [6.07, 6.45) is 2.38. The quantitative estimate of drug-likeness (QED) is 0.800. The lowest BCUT2D eigenvalue weighted by Gasteiger charge is -2.23. The Hall–Kier alpha value is -0.580. The van der Waals surface area contributed by atoms with Gasteiger partial charge in [0.05, 0.1) is 6.61 Å². The Morgan fingerprint density at radius 3 is 3.21 bits per heavy atom. The largest absolute Gasteiger partial charge is 0.398 e. The summed E-state index contributed by atoms with van der Waals surface area (Å²) in [4.78, 5) is 1.23. The van der Waals surface area contributed by atoms with Crippen molar-refractivity contribution in [2.45, 2.75) is 25.4 Å². The third kappa shape index (κ3) is 2.47. The van der Waals surface area contributed by atoms with E-state index in [1.54, 1.807) is 11.3 Å². The highest BCUT2D eigenvalue weighted by molar-refractivity contribution is 7.10. The third-order valence-electron chi connectivity index (χ3n) is 2.49. The van der Waals surface area contributed by atoms with Gasteiger partial charge in [0.15, 0.2) is 0 Å². The van der Waals surface area contributed by atoms with Crippen LogP contribution in [0.5, 0.6) is 0 Å². The van der Waals surface area contributed by atoms with Crippen LogP contribution in [0.4, 0.5) is 5.69 Å². The molecule has 0 spiro atoms. The summed E-state index contributed by atoms with van der Waals surface area (Å²) in [7, 11) is 0. The second-order valence-electron chi connectivity index (χ2n) is 3.59. The highest BCUT2D eigenvalue weighted by Gasteiger charge is 2.13. The summed E-state index contributed by atoms with van der Waals surface area (Å²) in [5, 5.41) is 5.50. The zero-order valence-corrected chi connectivity index (χ0v) is 8.98. The second-order valence-corrected chi connectivity index (χ2v) is 4.59. The van der Waals surface area contributed by atoms with Crippen molar-refractivity contribution in [1.29, 1.82) is 0 Å². The van der Waals surface area contributed by atoms with Gasteiger partial charge in [-0.3, -0.25) is 0 Å². The molecule has 1 atom stereocenters. The SMILES string of the molecule is Nc1ccsc1CNC1CCCOC1. The van der Waals surface area contributed by atoms with Gasteiger partial charge < -0.3 is 15.8 Å². The molecule has 0 amide bonds. The zero-order valence-electron chi connectivity index (χ0n) is 8.16. The van der Waals surface area contributed by atoms with E-state index in [0.29, 0.717) is 6.04 Å². The maximum absolute atomic E-state index is 5.80. The van der Waals surface area contributed by atoms with Crippen molar-refractivity contribution in [3.05, 3.63) is 16.3 Å². The van der Waals surface area contributed by atoms with Gasteiger partial charge in [-0.1, -0.05) is 0 Å². The number of ether oxygens (including phenoxy) is 1. The lowest BCUT2D eigenvalue weighted by Crippen LogP contribution is -2.36. The normalized spacial score (nSPS) is 22.4. The molecule has 0 aliphatic carbocycles. The molecule has 1 saturated heterocycles. The number of nitrogens with one attached hydrogen (secondary N) is 1. The fourth-order valence-electron chi connectivity index (χ4n) is 1.63. The highest BCUT2D eigenvalue weighted by Crippen LogP contribution is 2.18. The molecule has 4 heteroatoms. The topological polar surface area (TPSA) is 47.3 Å². The molecule has 1 aliphatic heterocycles. The highest BCUT2D eigenvalue weighted by atomic mass is 32.1. The Kier molecular flexibility index (Phi) is 3.39. The molecule has 3 N–H and O–H groups in total. The van der Waals surface area contributed by atoms with E-state index in [0.717, 1.165) is 31.9 Å². The molecular weight excluding hydrogens is 196 g/mol. The Morgan fingerprint density at radius 2 is 2.57 bits per heavy atom. The van der Waals surface area contributed by atoms with Crippen LogP contribution >= 0.6 is 11.3 Å². The van der Waals surface area contributed by atoms with E-state index in [1.807, 2.05) is 11.4 Å². The Balaban J connectivity index is 1.79. The molecular formula is C10H16N2OS. The summed E-state index contributed by atoms with van der Waals surface area (Å²) in [6, 6.07) is 2.46. The van der Waals surface area contributed by atoms with Gasteiger partial charge in [-0.05, 0) is 24.3 Å². The molecule has 14 heavy (non-hydrogen) atoms. The van der Waals surface area contributed by atoms with Crippen LogP contribution in [-0.4, -0.2) is 19.3 Å². The number of nitrogens with two attached hydrogens (primary N) is 1. The number of rotatable bonds is 3. The molecule has 3 nitrogen and oxygen atoms in total. The average molecular weight is 212 g/mol. The van der Waals surface area contributed by atoms with Crippen molar-refractivity contribution in [2.75, 3.05) is 18.9 Å². The van der Waals surface area contributed by atoms with E-state index in [9.17, 15) is 0 Å². The molecule has 1 aromatic heterocycles. The van der Waals surface area contributed by atoms with Crippen LogP contribution in [-0.2, 0) is 11.3 Å². The summed E-state index contributed by atoms with van der Waals surface area (Å²) in [5.41, 5.74) is 6.70. The standard InChI is InChI=1S/C10H16N2OS/c11-9-3-5-14-10(9)6-12-8-2-1-4-13-7-8/h3,5,8,12H,1-2,4,6-7,11H2. The number of nitrogen functional groups attached to an aromatic ring is 1. The Morgan fingerprint density at radius 1 is 1.64 bits per heavy atom. The minimum Gasteiger partial charge on any atom is -0.398 e. The summed E-state index contributed by atoms with van der Waals surface area (Å²) in [5.74, 6) is 0.